The van der Waals surface area contributed by atoms with Crippen LogP contribution in [0.3, 0.4) is 0 Å². The molecule has 0 saturated heterocycles. The molecule has 0 bridgehead atoms. The molecule has 4 rings (SSSR count). The zero-order valence-electron chi connectivity index (χ0n) is 15.4. The van der Waals surface area contributed by atoms with Crippen molar-refractivity contribution in [2.24, 2.45) is 4.99 Å². The van der Waals surface area contributed by atoms with Crippen LogP contribution in [0.15, 0.2) is 83.9 Å². The molecule has 0 fully saturated rings. The zero-order valence-corrected chi connectivity index (χ0v) is 15.4. The van der Waals surface area contributed by atoms with Crippen molar-refractivity contribution in [3.05, 3.63) is 95.6 Å². The molecular formula is C23H21N3O. The minimum atomic E-state index is 0.0618. The smallest absolute Gasteiger partial charge is 0.204 e. The Bertz CT molecular complexity index is 994. The summed E-state index contributed by atoms with van der Waals surface area (Å²) in [6.07, 6.45) is 0. The van der Waals surface area contributed by atoms with Crippen molar-refractivity contribution >= 4 is 23.1 Å². The molecule has 0 radical (unpaired) electrons. The van der Waals surface area contributed by atoms with Gasteiger partial charge in [-0.3, -0.25) is 4.79 Å². The Morgan fingerprint density at radius 3 is 2.30 bits per heavy atom. The molecule has 0 amide bonds. The molecule has 3 aromatic carbocycles. The first kappa shape index (κ1) is 17.0. The van der Waals surface area contributed by atoms with E-state index in [1.807, 2.05) is 49.5 Å². The van der Waals surface area contributed by atoms with Crippen LogP contribution < -0.4 is 5.32 Å². The molecular weight excluding hydrogens is 334 g/mol. The SMILES string of the molecule is CC(=O)c1ccc(NC2=Nc3ccccc3C(c3ccccc3)N2C)cc1. The Balaban J connectivity index is 1.71. The Kier molecular flexibility index (Phi) is 4.47. The lowest BCUT2D eigenvalue weighted by Gasteiger charge is -2.36. The Morgan fingerprint density at radius 1 is 0.926 bits per heavy atom. The van der Waals surface area contributed by atoms with Gasteiger partial charge in [-0.05, 0) is 42.8 Å². The summed E-state index contributed by atoms with van der Waals surface area (Å²) in [5.74, 6) is 0.838. The van der Waals surface area contributed by atoms with Crippen LogP contribution in [0.2, 0.25) is 0 Å². The van der Waals surface area contributed by atoms with Gasteiger partial charge >= 0.3 is 0 Å². The van der Waals surface area contributed by atoms with Gasteiger partial charge in [0.2, 0.25) is 5.96 Å². The quantitative estimate of drug-likeness (QED) is 0.671. The number of nitrogens with one attached hydrogen (secondary N) is 1. The van der Waals surface area contributed by atoms with Crippen molar-refractivity contribution in [1.82, 2.24) is 4.90 Å². The van der Waals surface area contributed by atoms with Crippen molar-refractivity contribution in [2.75, 3.05) is 12.4 Å². The van der Waals surface area contributed by atoms with Gasteiger partial charge in [-0.1, -0.05) is 48.5 Å². The summed E-state index contributed by atoms with van der Waals surface area (Å²) in [5, 5.41) is 3.40. The molecule has 1 N–H and O–H groups in total. The third kappa shape index (κ3) is 3.34. The van der Waals surface area contributed by atoms with Crippen LogP contribution in [0.4, 0.5) is 11.4 Å². The summed E-state index contributed by atoms with van der Waals surface area (Å²) in [6.45, 7) is 1.57. The number of anilines is 1. The molecule has 1 unspecified atom stereocenters. The average Bonchev–Trinajstić information content (AvgIpc) is 2.70. The highest BCUT2D eigenvalue weighted by Crippen LogP contribution is 2.38. The van der Waals surface area contributed by atoms with E-state index in [1.165, 1.54) is 11.1 Å². The standard InChI is InChI=1S/C23H21N3O/c1-16(27)17-12-14-19(15-13-17)24-23-25-21-11-7-6-10-20(21)22(26(23)2)18-8-4-3-5-9-18/h3-15,22H,1-2H3,(H,24,25). The fourth-order valence-corrected chi connectivity index (χ4v) is 3.42. The number of para-hydroxylation sites is 1. The normalized spacial score (nSPS) is 15.7. The van der Waals surface area contributed by atoms with Crippen LogP contribution in [0.5, 0.6) is 0 Å². The van der Waals surface area contributed by atoms with E-state index in [0.29, 0.717) is 5.56 Å². The van der Waals surface area contributed by atoms with Crippen LogP contribution >= 0.6 is 0 Å². The second-order valence-electron chi connectivity index (χ2n) is 6.68. The lowest BCUT2D eigenvalue weighted by molar-refractivity contribution is 0.101. The third-order valence-electron chi connectivity index (χ3n) is 4.84. The first-order chi connectivity index (χ1) is 13.1. The maximum absolute atomic E-state index is 11.5. The summed E-state index contributed by atoms with van der Waals surface area (Å²) in [7, 11) is 2.05. The Labute approximate surface area is 159 Å². The highest BCUT2D eigenvalue weighted by Gasteiger charge is 2.28. The van der Waals surface area contributed by atoms with Crippen LogP contribution in [0, 0.1) is 0 Å². The van der Waals surface area contributed by atoms with Crippen molar-refractivity contribution in [3.63, 3.8) is 0 Å². The largest absolute Gasteiger partial charge is 0.334 e. The number of rotatable bonds is 3. The zero-order chi connectivity index (χ0) is 18.8. The summed E-state index contributed by atoms with van der Waals surface area (Å²) in [6, 6.07) is 26.2. The van der Waals surface area contributed by atoms with Crippen molar-refractivity contribution in [3.8, 4) is 0 Å². The van der Waals surface area contributed by atoms with Gasteiger partial charge in [0.05, 0.1) is 11.7 Å². The number of fused-ring (bicyclic) bond motifs is 1. The number of guanidine groups is 1. The van der Waals surface area contributed by atoms with Crippen molar-refractivity contribution in [1.29, 1.82) is 0 Å². The Hall–Kier alpha value is -3.40. The van der Waals surface area contributed by atoms with E-state index in [0.717, 1.165) is 17.3 Å². The lowest BCUT2D eigenvalue weighted by atomic mass is 9.95. The molecule has 1 atom stereocenters. The summed E-state index contributed by atoms with van der Waals surface area (Å²) in [4.78, 5) is 18.5. The van der Waals surface area contributed by atoms with E-state index in [9.17, 15) is 4.79 Å². The van der Waals surface area contributed by atoms with Gasteiger partial charge < -0.3 is 10.2 Å². The van der Waals surface area contributed by atoms with Gasteiger partial charge in [0, 0.05) is 23.9 Å². The third-order valence-corrected chi connectivity index (χ3v) is 4.84. The molecule has 27 heavy (non-hydrogen) atoms. The van der Waals surface area contributed by atoms with E-state index in [2.05, 4.69) is 46.6 Å². The van der Waals surface area contributed by atoms with Gasteiger partial charge in [0.25, 0.3) is 0 Å². The van der Waals surface area contributed by atoms with Crippen molar-refractivity contribution < 1.29 is 4.79 Å². The second-order valence-corrected chi connectivity index (χ2v) is 6.68. The van der Waals surface area contributed by atoms with E-state index in [4.69, 9.17) is 4.99 Å². The van der Waals surface area contributed by atoms with Gasteiger partial charge in [-0.15, -0.1) is 0 Å². The first-order valence-electron chi connectivity index (χ1n) is 8.97. The summed E-state index contributed by atoms with van der Waals surface area (Å²) >= 11 is 0. The predicted molar refractivity (Wildman–Crippen MR) is 110 cm³/mol. The first-order valence-corrected chi connectivity index (χ1v) is 8.97. The fraction of sp³-hybridized carbons (Fsp3) is 0.130. The number of hydrogen-bond donors (Lipinski definition) is 1. The molecule has 134 valence electrons. The van der Waals surface area contributed by atoms with Crippen LogP contribution in [-0.2, 0) is 0 Å². The number of carbonyl (C=O) groups excluding carboxylic acids is 1. The highest BCUT2D eigenvalue weighted by molar-refractivity contribution is 5.98. The molecule has 1 aliphatic heterocycles. The van der Waals surface area contributed by atoms with Gasteiger partial charge in [-0.25, -0.2) is 4.99 Å². The molecule has 0 saturated carbocycles. The molecule has 4 nitrogen and oxygen atoms in total. The monoisotopic (exact) mass is 355 g/mol. The summed E-state index contributed by atoms with van der Waals surface area (Å²) < 4.78 is 0. The minimum Gasteiger partial charge on any atom is -0.334 e. The van der Waals surface area contributed by atoms with Crippen LogP contribution in [-0.4, -0.2) is 23.7 Å². The highest BCUT2D eigenvalue weighted by atomic mass is 16.1. The molecule has 1 aliphatic rings. The van der Waals surface area contributed by atoms with E-state index >= 15 is 0 Å². The molecule has 0 aromatic heterocycles. The topological polar surface area (TPSA) is 44.7 Å². The van der Waals surface area contributed by atoms with Gasteiger partial charge in [0.15, 0.2) is 5.78 Å². The number of aliphatic imine (C=N–C) groups is 1. The number of Topliss-reactive ketones (excluding diaryl/α,β-unsaturated/α-hetero) is 1. The van der Waals surface area contributed by atoms with E-state index < -0.39 is 0 Å². The number of benzene rings is 3. The fourth-order valence-electron chi connectivity index (χ4n) is 3.42. The molecule has 3 aromatic rings. The van der Waals surface area contributed by atoms with Crippen molar-refractivity contribution in [2.45, 2.75) is 13.0 Å². The van der Waals surface area contributed by atoms with Crippen LogP contribution in [0.1, 0.15) is 34.5 Å². The second kappa shape index (κ2) is 7.08. The number of hydrogen-bond acceptors (Lipinski definition) is 4. The van der Waals surface area contributed by atoms with E-state index in [-0.39, 0.29) is 11.8 Å². The molecule has 4 heteroatoms. The van der Waals surface area contributed by atoms with Crippen LogP contribution in [0.25, 0.3) is 0 Å². The predicted octanol–water partition coefficient (Wildman–Crippen LogP) is 5.02. The van der Waals surface area contributed by atoms with Gasteiger partial charge in [-0.2, -0.15) is 0 Å². The molecule has 1 heterocycles. The maximum atomic E-state index is 11.5. The average molecular weight is 355 g/mol. The van der Waals surface area contributed by atoms with Gasteiger partial charge in [0.1, 0.15) is 0 Å². The molecule has 0 spiro atoms. The number of nitrogens with zero attached hydrogens (tertiary/aromatic N) is 2. The molecule has 0 aliphatic carbocycles. The maximum Gasteiger partial charge on any atom is 0.204 e. The number of carbonyl (C=O) groups is 1. The Morgan fingerprint density at radius 2 is 1.59 bits per heavy atom. The number of ketones is 1. The lowest BCUT2D eigenvalue weighted by Crippen LogP contribution is -2.38. The minimum absolute atomic E-state index is 0.0618. The van der Waals surface area contributed by atoms with E-state index in [1.54, 1.807) is 6.92 Å². The summed E-state index contributed by atoms with van der Waals surface area (Å²) in [5.41, 5.74) is 4.97.